The van der Waals surface area contributed by atoms with E-state index in [1.807, 2.05) is 52.8 Å². The molecule has 2 amide bonds. The van der Waals surface area contributed by atoms with E-state index in [2.05, 4.69) is 15.5 Å². The predicted octanol–water partition coefficient (Wildman–Crippen LogP) is 4.02. The molecule has 0 radical (unpaired) electrons. The molecule has 3 rings (SSSR count). The summed E-state index contributed by atoms with van der Waals surface area (Å²) in [5, 5.41) is 5.86. The first-order chi connectivity index (χ1) is 16.8. The molecular formula is C27H37N3O5. The highest BCUT2D eigenvalue weighted by molar-refractivity contribution is 6.02. The van der Waals surface area contributed by atoms with Crippen LogP contribution in [-0.2, 0) is 9.53 Å². The van der Waals surface area contributed by atoms with Crippen LogP contribution in [0.1, 0.15) is 43.6 Å². The highest BCUT2D eigenvalue weighted by atomic mass is 16.5. The van der Waals surface area contributed by atoms with Gasteiger partial charge in [0.05, 0.1) is 37.8 Å². The van der Waals surface area contributed by atoms with Crippen LogP contribution in [0.2, 0.25) is 0 Å². The van der Waals surface area contributed by atoms with E-state index < -0.39 is 6.04 Å². The van der Waals surface area contributed by atoms with Crippen molar-refractivity contribution in [1.29, 1.82) is 0 Å². The molecule has 0 spiro atoms. The maximum Gasteiger partial charge on any atom is 0.251 e. The molecule has 1 aliphatic rings. The second-order valence-corrected chi connectivity index (χ2v) is 8.84. The van der Waals surface area contributed by atoms with E-state index in [9.17, 15) is 9.59 Å². The van der Waals surface area contributed by atoms with Crippen molar-refractivity contribution in [2.24, 2.45) is 5.92 Å². The average Bonchev–Trinajstić information content (AvgIpc) is 2.84. The van der Waals surface area contributed by atoms with Crippen molar-refractivity contribution in [1.82, 2.24) is 5.32 Å². The number of hydrogen-bond acceptors (Lipinski definition) is 6. The van der Waals surface area contributed by atoms with Gasteiger partial charge in [-0.1, -0.05) is 31.5 Å². The third-order valence-corrected chi connectivity index (χ3v) is 5.79. The van der Waals surface area contributed by atoms with Crippen LogP contribution in [0.15, 0.2) is 36.4 Å². The summed E-state index contributed by atoms with van der Waals surface area (Å²) >= 11 is 0. The van der Waals surface area contributed by atoms with Crippen molar-refractivity contribution in [3.63, 3.8) is 0 Å². The third kappa shape index (κ3) is 6.88. The minimum Gasteiger partial charge on any atom is -0.492 e. The normalized spacial score (nSPS) is 14.4. The summed E-state index contributed by atoms with van der Waals surface area (Å²) < 4.78 is 17.3. The van der Waals surface area contributed by atoms with Crippen molar-refractivity contribution in [2.45, 2.75) is 40.7 Å². The minimum atomic E-state index is -0.730. The van der Waals surface area contributed by atoms with E-state index >= 15 is 0 Å². The summed E-state index contributed by atoms with van der Waals surface area (Å²) in [6.07, 6.45) is 0. The molecule has 190 valence electrons. The zero-order valence-electron chi connectivity index (χ0n) is 21.3. The van der Waals surface area contributed by atoms with Gasteiger partial charge in [0.2, 0.25) is 5.91 Å². The van der Waals surface area contributed by atoms with Gasteiger partial charge in [-0.3, -0.25) is 9.59 Å². The van der Waals surface area contributed by atoms with E-state index in [4.69, 9.17) is 14.2 Å². The van der Waals surface area contributed by atoms with Crippen LogP contribution < -0.4 is 25.0 Å². The number of amides is 2. The van der Waals surface area contributed by atoms with Crippen LogP contribution in [0.4, 0.5) is 11.4 Å². The Morgan fingerprint density at radius 3 is 2.34 bits per heavy atom. The second-order valence-electron chi connectivity index (χ2n) is 8.84. The second kappa shape index (κ2) is 12.4. The molecule has 8 heteroatoms. The summed E-state index contributed by atoms with van der Waals surface area (Å²) in [6.45, 7) is 13.3. The van der Waals surface area contributed by atoms with Crippen LogP contribution in [0, 0.1) is 12.8 Å². The van der Waals surface area contributed by atoms with Crippen LogP contribution >= 0.6 is 0 Å². The molecule has 0 aliphatic carbocycles. The van der Waals surface area contributed by atoms with Gasteiger partial charge in [0, 0.05) is 30.8 Å². The fourth-order valence-corrected chi connectivity index (χ4v) is 4.00. The quantitative estimate of drug-likeness (QED) is 0.531. The van der Waals surface area contributed by atoms with Crippen LogP contribution in [0.5, 0.6) is 11.5 Å². The van der Waals surface area contributed by atoms with E-state index in [1.54, 1.807) is 18.2 Å². The molecule has 1 aliphatic heterocycles. The van der Waals surface area contributed by atoms with Gasteiger partial charge < -0.3 is 29.7 Å². The van der Waals surface area contributed by atoms with Gasteiger partial charge in [-0.05, 0) is 38.8 Å². The Morgan fingerprint density at radius 2 is 1.71 bits per heavy atom. The molecule has 1 atom stereocenters. The molecule has 0 unspecified atom stereocenters. The van der Waals surface area contributed by atoms with E-state index in [-0.39, 0.29) is 17.7 Å². The minimum absolute atomic E-state index is 0.127. The SMILES string of the molecule is CCOc1cc(N2CCOCC2)c(OCC)cc1NC(=O)[C@@H](NC(=O)c1cccc(C)c1)C(C)C. The van der Waals surface area contributed by atoms with E-state index in [0.29, 0.717) is 49.2 Å². The first-order valence-electron chi connectivity index (χ1n) is 12.3. The standard InChI is InChI=1S/C27H37N3O5/c1-6-34-23-17-22(30-11-13-33-14-12-30)24(35-7-2)16-21(23)28-27(32)25(18(3)4)29-26(31)20-10-8-9-19(5)15-20/h8-10,15-18,25H,6-7,11-14H2,1-5H3,(H,28,32)(H,29,31)/t25-/m0/s1. The van der Waals surface area contributed by atoms with Gasteiger partial charge in [-0.2, -0.15) is 0 Å². The van der Waals surface area contributed by atoms with Crippen LogP contribution in [-0.4, -0.2) is 57.4 Å². The molecule has 0 bridgehead atoms. The Bertz CT molecular complexity index is 1020. The van der Waals surface area contributed by atoms with Gasteiger partial charge in [0.1, 0.15) is 17.5 Å². The molecule has 1 saturated heterocycles. The van der Waals surface area contributed by atoms with Crippen molar-refractivity contribution < 1.29 is 23.8 Å². The number of benzene rings is 2. The van der Waals surface area contributed by atoms with Crippen LogP contribution in [0.25, 0.3) is 0 Å². The van der Waals surface area contributed by atoms with Gasteiger partial charge in [-0.15, -0.1) is 0 Å². The van der Waals surface area contributed by atoms with Gasteiger partial charge in [0.15, 0.2) is 0 Å². The highest BCUT2D eigenvalue weighted by Gasteiger charge is 2.27. The lowest BCUT2D eigenvalue weighted by atomic mass is 10.0. The topological polar surface area (TPSA) is 89.1 Å². The number of nitrogens with one attached hydrogen (secondary N) is 2. The Balaban J connectivity index is 1.86. The number of anilines is 2. The monoisotopic (exact) mass is 483 g/mol. The fourth-order valence-electron chi connectivity index (χ4n) is 4.00. The van der Waals surface area contributed by atoms with Crippen molar-refractivity contribution in [2.75, 3.05) is 49.7 Å². The lowest BCUT2D eigenvalue weighted by Crippen LogP contribution is -2.47. The van der Waals surface area contributed by atoms with Crippen LogP contribution in [0.3, 0.4) is 0 Å². The first-order valence-corrected chi connectivity index (χ1v) is 12.3. The zero-order chi connectivity index (χ0) is 25.4. The number of ether oxygens (including phenoxy) is 3. The maximum atomic E-state index is 13.4. The molecule has 2 aromatic carbocycles. The smallest absolute Gasteiger partial charge is 0.251 e. The molecule has 1 fully saturated rings. The molecule has 0 aromatic heterocycles. The Labute approximate surface area is 207 Å². The number of hydrogen-bond donors (Lipinski definition) is 2. The summed E-state index contributed by atoms with van der Waals surface area (Å²) in [5.74, 6) is 0.489. The lowest BCUT2D eigenvalue weighted by molar-refractivity contribution is -0.118. The predicted molar refractivity (Wildman–Crippen MR) is 138 cm³/mol. The highest BCUT2D eigenvalue weighted by Crippen LogP contribution is 2.39. The average molecular weight is 484 g/mol. The number of rotatable bonds is 10. The maximum absolute atomic E-state index is 13.4. The van der Waals surface area contributed by atoms with Crippen molar-refractivity contribution >= 4 is 23.2 Å². The summed E-state index contributed by atoms with van der Waals surface area (Å²) in [6, 6.07) is 10.3. The number of morpholine rings is 1. The number of carbonyl (C=O) groups is 2. The Kier molecular flexibility index (Phi) is 9.37. The molecule has 35 heavy (non-hydrogen) atoms. The fraction of sp³-hybridized carbons (Fsp3) is 0.481. The summed E-state index contributed by atoms with van der Waals surface area (Å²) in [5.41, 5.74) is 2.91. The van der Waals surface area contributed by atoms with Crippen molar-refractivity contribution in [3.05, 3.63) is 47.5 Å². The largest absolute Gasteiger partial charge is 0.492 e. The number of nitrogens with zero attached hydrogens (tertiary/aromatic N) is 1. The Hall–Kier alpha value is -3.26. The molecule has 8 nitrogen and oxygen atoms in total. The van der Waals surface area contributed by atoms with E-state index in [0.717, 1.165) is 24.3 Å². The van der Waals surface area contributed by atoms with Gasteiger partial charge in [0.25, 0.3) is 5.91 Å². The molecular weight excluding hydrogens is 446 g/mol. The number of carbonyl (C=O) groups excluding carboxylic acids is 2. The van der Waals surface area contributed by atoms with Gasteiger partial charge in [-0.25, -0.2) is 0 Å². The van der Waals surface area contributed by atoms with Crippen molar-refractivity contribution in [3.8, 4) is 11.5 Å². The molecule has 2 N–H and O–H groups in total. The molecule has 1 heterocycles. The number of aryl methyl sites for hydroxylation is 1. The first kappa shape index (κ1) is 26.3. The zero-order valence-corrected chi connectivity index (χ0v) is 21.3. The molecule has 0 saturated carbocycles. The molecule has 2 aromatic rings. The lowest BCUT2D eigenvalue weighted by Gasteiger charge is -2.31. The third-order valence-electron chi connectivity index (χ3n) is 5.79. The van der Waals surface area contributed by atoms with E-state index in [1.165, 1.54) is 0 Å². The Morgan fingerprint density at radius 1 is 1.03 bits per heavy atom. The summed E-state index contributed by atoms with van der Waals surface area (Å²) in [7, 11) is 0. The summed E-state index contributed by atoms with van der Waals surface area (Å²) in [4.78, 5) is 28.4. The van der Waals surface area contributed by atoms with Gasteiger partial charge >= 0.3 is 0 Å².